The van der Waals surface area contributed by atoms with Gasteiger partial charge in [-0.05, 0) is 13.8 Å². The van der Waals surface area contributed by atoms with Crippen molar-refractivity contribution in [1.29, 1.82) is 0 Å². The van der Waals surface area contributed by atoms with Gasteiger partial charge in [-0.15, -0.1) is 0 Å². The van der Waals surface area contributed by atoms with Gasteiger partial charge in [0.25, 0.3) is 5.91 Å². The summed E-state index contributed by atoms with van der Waals surface area (Å²) in [5.74, 6) is -1.36. The van der Waals surface area contributed by atoms with Crippen LogP contribution in [0.2, 0.25) is 0 Å². The first-order valence-electron chi connectivity index (χ1n) is 4.89. The van der Waals surface area contributed by atoms with Crippen molar-refractivity contribution < 1.29 is 24.2 Å². The van der Waals surface area contributed by atoms with Crippen LogP contribution in [0.5, 0.6) is 0 Å². The van der Waals surface area contributed by atoms with Gasteiger partial charge in [0.1, 0.15) is 19.5 Å². The molecule has 0 bridgehead atoms. The molecule has 6 heteroatoms. The van der Waals surface area contributed by atoms with Crippen LogP contribution in [-0.4, -0.2) is 36.7 Å². The lowest BCUT2D eigenvalue weighted by atomic mass is 9.94. The molecule has 16 heavy (non-hydrogen) atoms. The molecule has 0 aliphatic carbocycles. The molecule has 0 spiro atoms. The number of rotatable bonds is 4. The number of nitrogens with one attached hydrogen (secondary N) is 1. The van der Waals surface area contributed by atoms with E-state index < -0.39 is 17.3 Å². The van der Waals surface area contributed by atoms with E-state index in [1.807, 2.05) is 0 Å². The third-order valence-corrected chi connectivity index (χ3v) is 2.14. The third kappa shape index (κ3) is 3.15. The number of carboxylic acid groups (broad SMARTS) is 1. The Balaban J connectivity index is 2.46. The molecule has 2 N–H and O–H groups in total. The molecule has 1 aliphatic rings. The molecule has 0 unspecified atom stereocenters. The zero-order chi connectivity index (χ0) is 12.2. The lowest BCUT2D eigenvalue weighted by Crippen LogP contribution is -2.40. The molecule has 1 amide bonds. The fraction of sp³-hybridized carbons (Fsp3) is 0.600. The van der Waals surface area contributed by atoms with Gasteiger partial charge < -0.3 is 19.9 Å². The average molecular weight is 229 g/mol. The number of carbonyl (C=O) groups excluding carboxylic acids is 1. The van der Waals surface area contributed by atoms with Crippen LogP contribution >= 0.6 is 0 Å². The van der Waals surface area contributed by atoms with Crippen molar-refractivity contribution in [2.75, 3.05) is 19.8 Å². The van der Waals surface area contributed by atoms with Crippen LogP contribution in [-0.2, 0) is 19.1 Å². The molecule has 0 atom stereocenters. The van der Waals surface area contributed by atoms with Crippen molar-refractivity contribution in [2.45, 2.75) is 13.8 Å². The summed E-state index contributed by atoms with van der Waals surface area (Å²) in [5.41, 5.74) is -1.01. The highest BCUT2D eigenvalue weighted by Crippen LogP contribution is 2.13. The van der Waals surface area contributed by atoms with Crippen LogP contribution in [0.15, 0.2) is 12.0 Å². The van der Waals surface area contributed by atoms with E-state index in [0.717, 1.165) is 0 Å². The number of carbonyl (C=O) groups is 2. The average Bonchev–Trinajstić information content (AvgIpc) is 2.27. The first kappa shape index (κ1) is 12.4. The van der Waals surface area contributed by atoms with Crippen LogP contribution in [0.3, 0.4) is 0 Å². The van der Waals surface area contributed by atoms with Crippen molar-refractivity contribution in [2.24, 2.45) is 5.41 Å². The quantitative estimate of drug-likeness (QED) is 0.714. The minimum absolute atomic E-state index is 0.0296. The summed E-state index contributed by atoms with van der Waals surface area (Å²) in [6.45, 7) is 3.82. The molecular formula is C10H15NO5. The Hall–Kier alpha value is -1.72. The minimum atomic E-state index is -1.01. The highest BCUT2D eigenvalue weighted by Gasteiger charge is 2.28. The normalized spacial score (nSPS) is 15.5. The van der Waals surface area contributed by atoms with Crippen molar-refractivity contribution in [3.8, 4) is 0 Å². The van der Waals surface area contributed by atoms with E-state index in [-0.39, 0.29) is 12.3 Å². The molecule has 1 rings (SSSR count). The fourth-order valence-corrected chi connectivity index (χ4v) is 0.951. The van der Waals surface area contributed by atoms with E-state index in [1.165, 1.54) is 20.1 Å². The van der Waals surface area contributed by atoms with Crippen LogP contribution in [0.1, 0.15) is 13.8 Å². The Bertz CT molecular complexity index is 321. The number of carboxylic acids is 1. The molecule has 0 aromatic rings. The van der Waals surface area contributed by atoms with E-state index in [9.17, 15) is 9.59 Å². The van der Waals surface area contributed by atoms with Gasteiger partial charge in [-0.3, -0.25) is 9.59 Å². The minimum Gasteiger partial charge on any atom is -0.494 e. The molecule has 0 aromatic heterocycles. The summed E-state index contributed by atoms with van der Waals surface area (Å²) in [5, 5.41) is 11.3. The Morgan fingerprint density at radius 3 is 2.69 bits per heavy atom. The molecule has 0 aromatic carbocycles. The second kappa shape index (κ2) is 4.87. The summed E-state index contributed by atoms with van der Waals surface area (Å²) in [7, 11) is 0. The first-order valence-corrected chi connectivity index (χ1v) is 4.89. The number of ether oxygens (including phenoxy) is 2. The predicted octanol–water partition coefficient (Wildman–Crippen LogP) is 0.102. The molecule has 1 heterocycles. The van der Waals surface area contributed by atoms with Gasteiger partial charge in [-0.25, -0.2) is 0 Å². The van der Waals surface area contributed by atoms with Crippen molar-refractivity contribution in [1.82, 2.24) is 5.32 Å². The summed E-state index contributed by atoms with van der Waals surface area (Å²) < 4.78 is 9.96. The molecule has 6 nitrogen and oxygen atoms in total. The zero-order valence-electron chi connectivity index (χ0n) is 9.28. The van der Waals surface area contributed by atoms with Gasteiger partial charge >= 0.3 is 5.97 Å². The van der Waals surface area contributed by atoms with Crippen LogP contribution in [0.25, 0.3) is 0 Å². The Kier molecular flexibility index (Phi) is 3.76. The Labute approximate surface area is 93.2 Å². The Morgan fingerprint density at radius 1 is 1.50 bits per heavy atom. The largest absolute Gasteiger partial charge is 0.494 e. The van der Waals surface area contributed by atoms with Gasteiger partial charge in [0.05, 0.1) is 5.41 Å². The van der Waals surface area contributed by atoms with Gasteiger partial charge in [-0.1, -0.05) is 0 Å². The summed E-state index contributed by atoms with van der Waals surface area (Å²) in [6.07, 6.45) is 1.23. The van der Waals surface area contributed by atoms with Crippen LogP contribution in [0, 0.1) is 5.41 Å². The maximum atomic E-state index is 11.5. The zero-order valence-corrected chi connectivity index (χ0v) is 9.28. The predicted molar refractivity (Wildman–Crippen MR) is 54.4 cm³/mol. The van der Waals surface area contributed by atoms with Gasteiger partial charge in [-0.2, -0.15) is 0 Å². The van der Waals surface area contributed by atoms with Gasteiger partial charge in [0, 0.05) is 6.54 Å². The van der Waals surface area contributed by atoms with Crippen molar-refractivity contribution in [3.63, 3.8) is 0 Å². The third-order valence-electron chi connectivity index (χ3n) is 2.14. The number of hydrogen-bond donors (Lipinski definition) is 2. The second-order valence-electron chi connectivity index (χ2n) is 4.07. The molecule has 0 saturated carbocycles. The Morgan fingerprint density at radius 2 is 2.19 bits per heavy atom. The van der Waals surface area contributed by atoms with Crippen molar-refractivity contribution >= 4 is 11.9 Å². The monoisotopic (exact) mass is 229 g/mol. The summed E-state index contributed by atoms with van der Waals surface area (Å²) >= 11 is 0. The highest BCUT2D eigenvalue weighted by atomic mass is 16.6. The SMILES string of the molecule is CC(C)(CNC(=O)C1=COCCO1)C(=O)O. The highest BCUT2D eigenvalue weighted by molar-refractivity contribution is 5.91. The maximum Gasteiger partial charge on any atom is 0.310 e. The van der Waals surface area contributed by atoms with E-state index in [1.54, 1.807) is 0 Å². The standard InChI is InChI=1S/C10H15NO5/c1-10(2,9(13)14)6-11-8(12)7-5-15-3-4-16-7/h5H,3-4,6H2,1-2H3,(H,11,12)(H,13,14). The topological polar surface area (TPSA) is 84.9 Å². The molecule has 0 fully saturated rings. The summed E-state index contributed by atoms with van der Waals surface area (Å²) in [4.78, 5) is 22.3. The summed E-state index contributed by atoms with van der Waals surface area (Å²) in [6, 6.07) is 0. The first-order chi connectivity index (χ1) is 7.43. The van der Waals surface area contributed by atoms with E-state index >= 15 is 0 Å². The second-order valence-corrected chi connectivity index (χ2v) is 4.07. The van der Waals surface area contributed by atoms with E-state index in [2.05, 4.69) is 5.32 Å². The van der Waals surface area contributed by atoms with Crippen molar-refractivity contribution in [3.05, 3.63) is 12.0 Å². The number of amides is 1. The molecule has 0 radical (unpaired) electrons. The fourth-order valence-electron chi connectivity index (χ4n) is 0.951. The molecule has 0 saturated heterocycles. The maximum absolute atomic E-state index is 11.5. The van der Waals surface area contributed by atoms with E-state index in [0.29, 0.717) is 13.2 Å². The number of aliphatic carboxylic acids is 1. The molecular weight excluding hydrogens is 214 g/mol. The molecule has 1 aliphatic heterocycles. The molecule has 90 valence electrons. The lowest BCUT2D eigenvalue weighted by molar-refractivity contribution is -0.146. The van der Waals surface area contributed by atoms with Gasteiger partial charge in [0.15, 0.2) is 0 Å². The lowest BCUT2D eigenvalue weighted by Gasteiger charge is -2.20. The van der Waals surface area contributed by atoms with Gasteiger partial charge in [0.2, 0.25) is 5.76 Å². The van der Waals surface area contributed by atoms with Crippen LogP contribution < -0.4 is 5.32 Å². The van der Waals surface area contributed by atoms with E-state index in [4.69, 9.17) is 14.6 Å². The number of hydrogen-bond acceptors (Lipinski definition) is 4. The smallest absolute Gasteiger partial charge is 0.310 e. The van der Waals surface area contributed by atoms with Crippen LogP contribution in [0.4, 0.5) is 0 Å².